The van der Waals surface area contributed by atoms with E-state index < -0.39 is 0 Å². The summed E-state index contributed by atoms with van der Waals surface area (Å²) < 4.78 is 0. The van der Waals surface area contributed by atoms with Crippen molar-refractivity contribution < 1.29 is 4.79 Å². The van der Waals surface area contributed by atoms with Gasteiger partial charge in [0.05, 0.1) is 16.8 Å². The fraction of sp³-hybridized carbons (Fsp3) is 0.263. The first-order valence-corrected chi connectivity index (χ1v) is 10.2. The molecule has 0 radical (unpaired) electrons. The van der Waals surface area contributed by atoms with Gasteiger partial charge in [0.25, 0.3) is 0 Å². The number of thioether (sulfide) groups is 2. The number of carbonyl (C=O) groups excluding carboxylic acids is 1. The van der Waals surface area contributed by atoms with E-state index in [0.29, 0.717) is 12.3 Å². The molecule has 3 aromatic rings. The first kappa shape index (κ1) is 17.9. The molecule has 0 spiro atoms. The lowest BCUT2D eigenvalue weighted by Crippen LogP contribution is -2.26. The lowest BCUT2D eigenvalue weighted by Gasteiger charge is -2.04. The molecule has 0 aliphatic heterocycles. The molecule has 0 saturated heterocycles. The summed E-state index contributed by atoms with van der Waals surface area (Å²) in [5.41, 5.74) is 3.14. The number of amides is 1. The summed E-state index contributed by atoms with van der Waals surface area (Å²) in [6.07, 6.45) is 0.958. The first-order chi connectivity index (χ1) is 12.2. The molecule has 2 aromatic carbocycles. The van der Waals surface area contributed by atoms with E-state index in [9.17, 15) is 4.79 Å². The summed E-state index contributed by atoms with van der Waals surface area (Å²) in [6.45, 7) is 2.76. The molecule has 0 fully saturated rings. The minimum Gasteiger partial charge on any atom is -0.355 e. The van der Waals surface area contributed by atoms with Gasteiger partial charge >= 0.3 is 0 Å². The number of aromatic nitrogens is 2. The quantitative estimate of drug-likeness (QED) is 0.459. The Balaban J connectivity index is 1.34. The normalized spacial score (nSPS) is 10.9. The number of nitrogens with zero attached hydrogens (tertiary/aromatic N) is 1. The molecule has 3 rings (SSSR count). The van der Waals surface area contributed by atoms with Gasteiger partial charge in [-0.1, -0.05) is 36.0 Å². The Morgan fingerprint density at radius 1 is 1.16 bits per heavy atom. The summed E-state index contributed by atoms with van der Waals surface area (Å²) in [5.74, 6) is 1.43. The lowest BCUT2D eigenvalue weighted by atomic mass is 10.2. The van der Waals surface area contributed by atoms with Crippen molar-refractivity contribution in [2.24, 2.45) is 0 Å². The molecule has 4 nitrogen and oxygen atoms in total. The Kier molecular flexibility index (Phi) is 6.42. The molecule has 130 valence electrons. The molecule has 0 atom stereocenters. The second kappa shape index (κ2) is 8.97. The van der Waals surface area contributed by atoms with Crippen LogP contribution in [0.25, 0.3) is 11.0 Å². The van der Waals surface area contributed by atoms with Gasteiger partial charge in [0.1, 0.15) is 0 Å². The molecule has 6 heteroatoms. The van der Waals surface area contributed by atoms with Crippen LogP contribution in [-0.4, -0.2) is 33.9 Å². The average Bonchev–Trinajstić information content (AvgIpc) is 3.02. The molecule has 0 aliphatic carbocycles. The van der Waals surface area contributed by atoms with Crippen LogP contribution in [0.3, 0.4) is 0 Å². The maximum atomic E-state index is 11.9. The molecule has 0 saturated carbocycles. The van der Waals surface area contributed by atoms with Crippen molar-refractivity contribution in [3.63, 3.8) is 0 Å². The summed E-state index contributed by atoms with van der Waals surface area (Å²) in [6, 6.07) is 16.4. The van der Waals surface area contributed by atoms with E-state index in [1.165, 1.54) is 22.2 Å². The van der Waals surface area contributed by atoms with Crippen LogP contribution in [0.2, 0.25) is 0 Å². The van der Waals surface area contributed by atoms with Crippen molar-refractivity contribution in [3.8, 4) is 0 Å². The summed E-state index contributed by atoms with van der Waals surface area (Å²) in [4.78, 5) is 21.0. The molecule has 1 amide bonds. The van der Waals surface area contributed by atoms with E-state index in [-0.39, 0.29) is 5.91 Å². The summed E-state index contributed by atoms with van der Waals surface area (Å²) in [5, 5.41) is 3.75. The smallest absolute Gasteiger partial charge is 0.230 e. The zero-order valence-corrected chi connectivity index (χ0v) is 15.8. The van der Waals surface area contributed by atoms with Crippen LogP contribution in [0.15, 0.2) is 58.6 Å². The fourth-order valence-corrected chi connectivity index (χ4v) is 3.95. The van der Waals surface area contributed by atoms with Crippen molar-refractivity contribution in [1.82, 2.24) is 15.3 Å². The zero-order valence-electron chi connectivity index (χ0n) is 14.1. The Bertz CT molecular complexity index is 833. The maximum absolute atomic E-state index is 11.9. The standard InChI is InChI=1S/C19H21N3OS2/c1-14-8-9-16-17(12-14)22-19(21-16)25-13-18(23)20-10-5-11-24-15-6-3-2-4-7-15/h2-4,6-9,12H,5,10-11,13H2,1H3,(H,20,23)(H,21,22). The second-order valence-corrected chi connectivity index (χ2v) is 7.85. The minimum atomic E-state index is 0.0475. The van der Waals surface area contributed by atoms with Gasteiger partial charge in [0, 0.05) is 11.4 Å². The highest BCUT2D eigenvalue weighted by Crippen LogP contribution is 2.20. The van der Waals surface area contributed by atoms with Crippen molar-refractivity contribution in [3.05, 3.63) is 54.1 Å². The van der Waals surface area contributed by atoms with Gasteiger partial charge in [0.2, 0.25) is 5.91 Å². The topological polar surface area (TPSA) is 57.8 Å². The monoisotopic (exact) mass is 371 g/mol. The van der Waals surface area contributed by atoms with E-state index >= 15 is 0 Å². The Hall–Kier alpha value is -1.92. The highest BCUT2D eigenvalue weighted by Gasteiger charge is 2.07. The van der Waals surface area contributed by atoms with E-state index in [1.807, 2.05) is 42.1 Å². The van der Waals surface area contributed by atoms with E-state index in [1.54, 1.807) is 0 Å². The van der Waals surface area contributed by atoms with Crippen LogP contribution in [0.4, 0.5) is 0 Å². The number of aromatic amines is 1. The molecule has 2 N–H and O–H groups in total. The number of carbonyl (C=O) groups is 1. The molecule has 0 unspecified atom stereocenters. The number of aryl methyl sites for hydroxylation is 1. The molecule has 0 bridgehead atoms. The third-order valence-corrected chi connectivity index (χ3v) is 5.58. The second-order valence-electron chi connectivity index (χ2n) is 5.72. The molecule has 25 heavy (non-hydrogen) atoms. The zero-order chi connectivity index (χ0) is 17.5. The third-order valence-electron chi connectivity index (χ3n) is 3.61. The summed E-state index contributed by atoms with van der Waals surface area (Å²) >= 11 is 3.25. The van der Waals surface area contributed by atoms with Gasteiger partial charge < -0.3 is 10.3 Å². The lowest BCUT2D eigenvalue weighted by molar-refractivity contribution is -0.118. The van der Waals surface area contributed by atoms with Gasteiger partial charge in [0.15, 0.2) is 5.16 Å². The number of fused-ring (bicyclic) bond motifs is 1. The van der Waals surface area contributed by atoms with E-state index in [2.05, 4.69) is 40.4 Å². The predicted octanol–water partition coefficient (Wildman–Crippen LogP) is 4.26. The van der Waals surface area contributed by atoms with Crippen LogP contribution in [-0.2, 0) is 4.79 Å². The minimum absolute atomic E-state index is 0.0475. The number of hydrogen-bond donors (Lipinski definition) is 2. The van der Waals surface area contributed by atoms with Crippen molar-refractivity contribution in [2.45, 2.75) is 23.4 Å². The highest BCUT2D eigenvalue weighted by atomic mass is 32.2. The fourth-order valence-electron chi connectivity index (χ4n) is 2.36. The van der Waals surface area contributed by atoms with Crippen LogP contribution < -0.4 is 5.32 Å². The van der Waals surface area contributed by atoms with Crippen LogP contribution in [0.1, 0.15) is 12.0 Å². The van der Waals surface area contributed by atoms with Gasteiger partial charge in [-0.3, -0.25) is 4.79 Å². The highest BCUT2D eigenvalue weighted by molar-refractivity contribution is 7.99. The Morgan fingerprint density at radius 2 is 2.00 bits per heavy atom. The van der Waals surface area contributed by atoms with Crippen molar-refractivity contribution in [2.75, 3.05) is 18.1 Å². The SMILES string of the molecule is Cc1ccc2nc(SCC(=O)NCCCSc3ccccc3)[nH]c2c1. The van der Waals surface area contributed by atoms with Crippen molar-refractivity contribution in [1.29, 1.82) is 0 Å². The molecular weight excluding hydrogens is 350 g/mol. The molecule has 1 aromatic heterocycles. The van der Waals surface area contributed by atoms with Gasteiger partial charge in [-0.25, -0.2) is 4.98 Å². The van der Waals surface area contributed by atoms with E-state index in [0.717, 1.165) is 28.4 Å². The number of benzene rings is 2. The first-order valence-electron chi connectivity index (χ1n) is 8.24. The number of imidazole rings is 1. The van der Waals surface area contributed by atoms with Crippen LogP contribution in [0, 0.1) is 6.92 Å². The third kappa shape index (κ3) is 5.54. The Labute approximate surface area is 156 Å². The van der Waals surface area contributed by atoms with E-state index in [4.69, 9.17) is 0 Å². The summed E-state index contributed by atoms with van der Waals surface area (Å²) in [7, 11) is 0. The van der Waals surface area contributed by atoms with Gasteiger partial charge in [-0.2, -0.15) is 0 Å². The number of H-pyrrole nitrogens is 1. The largest absolute Gasteiger partial charge is 0.355 e. The van der Waals surface area contributed by atoms with Gasteiger partial charge in [-0.15, -0.1) is 11.8 Å². The number of nitrogens with one attached hydrogen (secondary N) is 2. The molecular formula is C19H21N3OS2. The number of rotatable bonds is 8. The van der Waals surface area contributed by atoms with Crippen LogP contribution in [0.5, 0.6) is 0 Å². The predicted molar refractivity (Wildman–Crippen MR) is 106 cm³/mol. The number of hydrogen-bond acceptors (Lipinski definition) is 4. The molecule has 1 heterocycles. The average molecular weight is 372 g/mol. The van der Waals surface area contributed by atoms with Gasteiger partial charge in [-0.05, 0) is 48.9 Å². The molecule has 0 aliphatic rings. The maximum Gasteiger partial charge on any atom is 0.230 e. The van der Waals surface area contributed by atoms with Crippen molar-refractivity contribution >= 4 is 40.5 Å². The van der Waals surface area contributed by atoms with Crippen LogP contribution >= 0.6 is 23.5 Å². The Morgan fingerprint density at radius 3 is 2.84 bits per heavy atom.